The summed E-state index contributed by atoms with van der Waals surface area (Å²) >= 11 is 9.42. The van der Waals surface area contributed by atoms with E-state index in [2.05, 4.69) is 25.9 Å². The quantitative estimate of drug-likeness (QED) is 0.718. The van der Waals surface area contributed by atoms with Crippen LogP contribution in [-0.4, -0.2) is 14.5 Å². The lowest BCUT2D eigenvalue weighted by Crippen LogP contribution is -2.33. The van der Waals surface area contributed by atoms with E-state index in [0.29, 0.717) is 16.0 Å². The molecule has 110 valence electrons. The summed E-state index contributed by atoms with van der Waals surface area (Å²) in [6.07, 6.45) is 6.51. The summed E-state index contributed by atoms with van der Waals surface area (Å²) in [5, 5.41) is 1.09. The Balaban J connectivity index is 2.03. The van der Waals surface area contributed by atoms with Crippen LogP contribution in [0.4, 0.5) is 0 Å². The molecule has 2 heterocycles. The first kappa shape index (κ1) is 13.7. The molecule has 4 nitrogen and oxygen atoms in total. The first-order valence-corrected chi connectivity index (χ1v) is 8.48. The summed E-state index contributed by atoms with van der Waals surface area (Å²) in [4.78, 5) is 21.2. The second kappa shape index (κ2) is 4.78. The van der Waals surface area contributed by atoms with Gasteiger partial charge in [-0.2, -0.15) is 4.98 Å². The first-order valence-electron chi connectivity index (χ1n) is 7.30. The predicted octanol–water partition coefficient (Wildman–Crippen LogP) is 3.88. The van der Waals surface area contributed by atoms with Crippen molar-refractivity contribution >= 4 is 38.6 Å². The highest BCUT2D eigenvalue weighted by Gasteiger charge is 2.44. The molecule has 0 amide bonds. The fourth-order valence-corrected chi connectivity index (χ4v) is 4.50. The minimum absolute atomic E-state index is 0.00677. The van der Waals surface area contributed by atoms with Gasteiger partial charge >= 0.3 is 0 Å². The van der Waals surface area contributed by atoms with Gasteiger partial charge in [0.05, 0.1) is 4.47 Å². The number of hydrogen-bond donors (Lipinski definition) is 0. The van der Waals surface area contributed by atoms with Crippen LogP contribution in [0, 0.1) is 18.8 Å². The molecule has 2 fully saturated rings. The normalized spacial score (nSPS) is 27.7. The fraction of sp³-hybridized carbons (Fsp3) is 0.533. The van der Waals surface area contributed by atoms with E-state index in [1.54, 1.807) is 6.20 Å². The molecular weight excluding hydrogens is 354 g/mol. The molecule has 2 aliphatic rings. The molecule has 4 rings (SSSR count). The highest BCUT2D eigenvalue weighted by molar-refractivity contribution is 9.10. The summed E-state index contributed by atoms with van der Waals surface area (Å²) in [5.41, 5.74) is 1.57. The van der Waals surface area contributed by atoms with Crippen LogP contribution in [0.5, 0.6) is 0 Å². The fourth-order valence-electron chi connectivity index (χ4n) is 3.97. The number of hydrogen-bond acceptors (Lipinski definition) is 3. The summed E-state index contributed by atoms with van der Waals surface area (Å²) < 4.78 is 2.48. The van der Waals surface area contributed by atoms with Crippen LogP contribution in [0.15, 0.2) is 15.5 Å². The second-order valence-electron chi connectivity index (χ2n) is 6.14. The molecule has 2 saturated carbocycles. The molecule has 21 heavy (non-hydrogen) atoms. The molecule has 0 aromatic carbocycles. The molecule has 0 saturated heterocycles. The summed E-state index contributed by atoms with van der Waals surface area (Å²) in [5.74, 6) is 1.41. The summed E-state index contributed by atoms with van der Waals surface area (Å²) in [6, 6.07) is 0.251. The topological polar surface area (TPSA) is 47.8 Å². The van der Waals surface area contributed by atoms with Crippen LogP contribution in [0.3, 0.4) is 0 Å². The number of pyridine rings is 1. The SMILES string of the molecule is Cc1c(Br)c(=O)n([C@@H]2CC[C@H]3CC[C@H]32)c2nc(Cl)ncc12. The lowest BCUT2D eigenvalue weighted by molar-refractivity contribution is 0.174. The zero-order chi connectivity index (χ0) is 14.7. The average molecular weight is 369 g/mol. The third-order valence-electron chi connectivity index (χ3n) is 5.24. The molecule has 0 radical (unpaired) electrons. The van der Waals surface area contributed by atoms with E-state index in [1.165, 1.54) is 19.3 Å². The Bertz CT molecular complexity index is 804. The Kier molecular flexibility index (Phi) is 3.12. The Labute approximate surface area is 135 Å². The molecule has 2 aromatic heterocycles. The molecule has 2 aliphatic carbocycles. The number of aromatic nitrogens is 3. The van der Waals surface area contributed by atoms with Crippen molar-refractivity contribution in [2.45, 2.75) is 38.6 Å². The van der Waals surface area contributed by atoms with Crippen LogP contribution in [0.2, 0.25) is 5.28 Å². The number of aryl methyl sites for hydroxylation is 1. The molecule has 0 bridgehead atoms. The summed E-state index contributed by atoms with van der Waals surface area (Å²) in [6.45, 7) is 1.91. The largest absolute Gasteiger partial charge is 0.288 e. The average Bonchev–Trinajstić information content (AvgIpc) is 2.71. The van der Waals surface area contributed by atoms with Gasteiger partial charge in [-0.05, 0) is 77.5 Å². The Hall–Kier alpha value is -0.940. The second-order valence-corrected chi connectivity index (χ2v) is 7.27. The van der Waals surface area contributed by atoms with Gasteiger partial charge in [-0.15, -0.1) is 0 Å². The van der Waals surface area contributed by atoms with Gasteiger partial charge in [0, 0.05) is 17.6 Å². The van der Waals surface area contributed by atoms with Gasteiger partial charge in [0.25, 0.3) is 5.56 Å². The van der Waals surface area contributed by atoms with Crippen molar-refractivity contribution in [1.29, 1.82) is 0 Å². The van der Waals surface area contributed by atoms with Gasteiger partial charge < -0.3 is 0 Å². The molecular formula is C15H15BrClN3O. The minimum atomic E-state index is 0.00677. The third kappa shape index (κ3) is 1.90. The summed E-state index contributed by atoms with van der Waals surface area (Å²) in [7, 11) is 0. The molecule has 0 spiro atoms. The van der Waals surface area contributed by atoms with Gasteiger partial charge in [-0.3, -0.25) is 9.36 Å². The van der Waals surface area contributed by atoms with E-state index in [1.807, 2.05) is 11.5 Å². The Morgan fingerprint density at radius 1 is 1.33 bits per heavy atom. The van der Waals surface area contributed by atoms with Crippen LogP contribution >= 0.6 is 27.5 Å². The number of nitrogens with zero attached hydrogens (tertiary/aromatic N) is 3. The molecule has 2 aromatic rings. The predicted molar refractivity (Wildman–Crippen MR) is 85.7 cm³/mol. The number of fused-ring (bicyclic) bond motifs is 2. The minimum Gasteiger partial charge on any atom is -0.288 e. The molecule has 0 N–H and O–H groups in total. The molecule has 3 atom stereocenters. The van der Waals surface area contributed by atoms with E-state index in [0.717, 1.165) is 23.3 Å². The molecule has 0 unspecified atom stereocenters. The van der Waals surface area contributed by atoms with Crippen LogP contribution < -0.4 is 5.56 Å². The van der Waals surface area contributed by atoms with Crippen molar-refractivity contribution in [1.82, 2.24) is 14.5 Å². The lowest BCUT2D eigenvalue weighted by atomic mass is 9.75. The van der Waals surface area contributed by atoms with Crippen molar-refractivity contribution in [3.8, 4) is 0 Å². The van der Waals surface area contributed by atoms with Crippen molar-refractivity contribution < 1.29 is 0 Å². The van der Waals surface area contributed by atoms with Crippen LogP contribution in [0.25, 0.3) is 11.0 Å². The van der Waals surface area contributed by atoms with Gasteiger partial charge in [-0.1, -0.05) is 0 Å². The van der Waals surface area contributed by atoms with Crippen molar-refractivity contribution in [3.63, 3.8) is 0 Å². The van der Waals surface area contributed by atoms with E-state index in [9.17, 15) is 4.79 Å². The third-order valence-corrected chi connectivity index (χ3v) is 6.36. The van der Waals surface area contributed by atoms with Gasteiger partial charge in [-0.25, -0.2) is 4.98 Å². The molecule has 6 heteroatoms. The van der Waals surface area contributed by atoms with Crippen molar-refractivity contribution in [2.24, 2.45) is 11.8 Å². The monoisotopic (exact) mass is 367 g/mol. The maximum Gasteiger partial charge on any atom is 0.267 e. The van der Waals surface area contributed by atoms with Gasteiger partial charge in [0.2, 0.25) is 5.28 Å². The Morgan fingerprint density at radius 3 is 2.76 bits per heavy atom. The molecule has 0 aliphatic heterocycles. The van der Waals surface area contributed by atoms with Gasteiger partial charge in [0.15, 0.2) is 0 Å². The van der Waals surface area contributed by atoms with E-state index < -0.39 is 0 Å². The number of rotatable bonds is 1. The van der Waals surface area contributed by atoms with Gasteiger partial charge in [0.1, 0.15) is 5.65 Å². The van der Waals surface area contributed by atoms with E-state index in [4.69, 9.17) is 11.6 Å². The van der Waals surface area contributed by atoms with E-state index >= 15 is 0 Å². The van der Waals surface area contributed by atoms with Crippen LogP contribution in [-0.2, 0) is 0 Å². The van der Waals surface area contributed by atoms with Crippen molar-refractivity contribution in [3.05, 3.63) is 31.9 Å². The zero-order valence-electron chi connectivity index (χ0n) is 11.6. The maximum absolute atomic E-state index is 12.8. The van der Waals surface area contributed by atoms with E-state index in [-0.39, 0.29) is 16.9 Å². The standard InChI is InChI=1S/C15H15BrClN3O/c1-7-10-6-18-15(17)19-13(10)20(14(21)12(7)16)11-5-3-8-2-4-9(8)11/h6,8-9,11H,2-5H2,1H3/t8-,9-,11-/m1/s1. The Morgan fingerprint density at radius 2 is 2.10 bits per heavy atom. The zero-order valence-corrected chi connectivity index (χ0v) is 14.0. The smallest absolute Gasteiger partial charge is 0.267 e. The maximum atomic E-state index is 12.8. The van der Waals surface area contributed by atoms with Crippen molar-refractivity contribution in [2.75, 3.05) is 0 Å². The highest BCUT2D eigenvalue weighted by atomic mass is 79.9. The van der Waals surface area contributed by atoms with Crippen LogP contribution in [0.1, 0.15) is 37.3 Å². The lowest BCUT2D eigenvalue weighted by Gasteiger charge is -2.35. The first-order chi connectivity index (χ1) is 10.1. The highest BCUT2D eigenvalue weighted by Crippen LogP contribution is 2.52. The number of halogens is 2.